The van der Waals surface area contributed by atoms with E-state index in [4.69, 9.17) is 10.5 Å². The molecule has 1 aliphatic heterocycles. The van der Waals surface area contributed by atoms with Gasteiger partial charge in [0.1, 0.15) is 0 Å². The molecule has 0 amide bonds. The molecule has 6 heteroatoms. The van der Waals surface area contributed by atoms with Crippen molar-refractivity contribution in [2.75, 3.05) is 13.1 Å². The molecular formula is C14H15N3O2S. The maximum Gasteiger partial charge on any atom is 0.243 e. The van der Waals surface area contributed by atoms with Crippen molar-refractivity contribution in [3.63, 3.8) is 0 Å². The molecule has 1 aromatic rings. The quantitative estimate of drug-likeness (QED) is 0.831. The summed E-state index contributed by atoms with van der Waals surface area (Å²) < 4.78 is 26.4. The Labute approximate surface area is 119 Å². The van der Waals surface area contributed by atoms with Gasteiger partial charge in [-0.2, -0.15) is 14.8 Å². The largest absolute Gasteiger partial charge is 0.243 e. The lowest BCUT2D eigenvalue weighted by atomic mass is 9.83. The van der Waals surface area contributed by atoms with E-state index in [2.05, 4.69) is 6.07 Å². The molecule has 0 spiro atoms. The second-order valence-electron chi connectivity index (χ2n) is 5.22. The average molecular weight is 289 g/mol. The Morgan fingerprint density at radius 1 is 1.25 bits per heavy atom. The van der Waals surface area contributed by atoms with Gasteiger partial charge in [-0.1, -0.05) is 6.07 Å². The topological polar surface area (TPSA) is 85.0 Å². The van der Waals surface area contributed by atoms with E-state index in [-0.39, 0.29) is 4.90 Å². The molecule has 2 rings (SSSR count). The highest BCUT2D eigenvalue weighted by molar-refractivity contribution is 7.89. The zero-order valence-corrected chi connectivity index (χ0v) is 12.0. The molecule has 1 saturated heterocycles. The standard InChI is InChI=1S/C14H15N3O2S/c1-14(11-16)5-7-17(8-6-14)20(18,19)13-4-2-3-12(9-13)10-15/h2-4,9H,5-8H2,1H3. The summed E-state index contributed by atoms with van der Waals surface area (Å²) in [6, 6.07) is 10.2. The van der Waals surface area contributed by atoms with Gasteiger partial charge in [0.2, 0.25) is 10.0 Å². The normalized spacial score (nSPS) is 18.9. The first kappa shape index (κ1) is 14.5. The summed E-state index contributed by atoms with van der Waals surface area (Å²) in [5, 5.41) is 17.9. The van der Waals surface area contributed by atoms with E-state index >= 15 is 0 Å². The van der Waals surface area contributed by atoms with Crippen LogP contribution in [0.3, 0.4) is 0 Å². The molecule has 104 valence electrons. The summed E-state index contributed by atoms with van der Waals surface area (Å²) in [5.74, 6) is 0. The third kappa shape index (κ3) is 2.67. The second kappa shape index (κ2) is 5.24. The predicted molar refractivity (Wildman–Crippen MR) is 72.9 cm³/mol. The maximum absolute atomic E-state index is 12.5. The number of hydrogen-bond acceptors (Lipinski definition) is 4. The number of sulfonamides is 1. The summed E-state index contributed by atoms with van der Waals surface area (Å²) in [4.78, 5) is 0.136. The lowest BCUT2D eigenvalue weighted by Gasteiger charge is -2.34. The van der Waals surface area contributed by atoms with Crippen LogP contribution in [0.2, 0.25) is 0 Å². The first-order valence-electron chi connectivity index (χ1n) is 6.33. The minimum Gasteiger partial charge on any atom is -0.207 e. The van der Waals surface area contributed by atoms with Crippen LogP contribution in [0.4, 0.5) is 0 Å². The van der Waals surface area contributed by atoms with Crippen LogP contribution in [0, 0.1) is 28.1 Å². The van der Waals surface area contributed by atoms with Gasteiger partial charge in [-0.15, -0.1) is 0 Å². The van der Waals surface area contributed by atoms with Gasteiger partial charge in [0.05, 0.1) is 28.0 Å². The van der Waals surface area contributed by atoms with E-state index in [1.807, 2.05) is 13.0 Å². The van der Waals surface area contributed by atoms with Crippen molar-refractivity contribution in [2.45, 2.75) is 24.7 Å². The monoisotopic (exact) mass is 289 g/mol. The molecule has 0 N–H and O–H groups in total. The summed E-state index contributed by atoms with van der Waals surface area (Å²) in [6.45, 7) is 2.53. The zero-order chi connectivity index (χ0) is 14.8. The van der Waals surface area contributed by atoms with Crippen molar-refractivity contribution >= 4 is 10.0 Å². The molecule has 0 radical (unpaired) electrons. The lowest BCUT2D eigenvalue weighted by molar-refractivity contribution is 0.232. The van der Waals surface area contributed by atoms with Crippen molar-refractivity contribution in [3.8, 4) is 12.1 Å². The highest BCUT2D eigenvalue weighted by Gasteiger charge is 2.35. The molecule has 0 unspecified atom stereocenters. The number of hydrogen-bond donors (Lipinski definition) is 0. The van der Waals surface area contributed by atoms with Crippen LogP contribution in [-0.2, 0) is 10.0 Å². The van der Waals surface area contributed by atoms with Crippen molar-refractivity contribution in [1.82, 2.24) is 4.31 Å². The first-order chi connectivity index (χ1) is 9.41. The van der Waals surface area contributed by atoms with Crippen molar-refractivity contribution in [3.05, 3.63) is 29.8 Å². The Balaban J connectivity index is 2.25. The van der Waals surface area contributed by atoms with Gasteiger partial charge < -0.3 is 0 Å². The van der Waals surface area contributed by atoms with Crippen LogP contribution in [0.25, 0.3) is 0 Å². The van der Waals surface area contributed by atoms with Gasteiger partial charge >= 0.3 is 0 Å². The smallest absolute Gasteiger partial charge is 0.207 e. The summed E-state index contributed by atoms with van der Waals surface area (Å²) in [5.41, 5.74) is -0.120. The van der Waals surface area contributed by atoms with E-state index in [0.717, 1.165) is 0 Å². The van der Waals surface area contributed by atoms with E-state index in [1.165, 1.54) is 16.4 Å². The summed E-state index contributed by atoms with van der Waals surface area (Å²) >= 11 is 0. The van der Waals surface area contributed by atoms with E-state index in [1.54, 1.807) is 12.1 Å². The number of nitrogens with zero attached hydrogens (tertiary/aromatic N) is 3. The number of nitriles is 2. The maximum atomic E-state index is 12.5. The van der Waals surface area contributed by atoms with E-state index in [9.17, 15) is 8.42 Å². The highest BCUT2D eigenvalue weighted by atomic mass is 32.2. The fourth-order valence-electron chi connectivity index (χ4n) is 2.21. The van der Waals surface area contributed by atoms with Crippen LogP contribution in [0.1, 0.15) is 25.3 Å². The molecular weight excluding hydrogens is 274 g/mol. The molecule has 1 fully saturated rings. The second-order valence-corrected chi connectivity index (χ2v) is 7.15. The van der Waals surface area contributed by atoms with Crippen LogP contribution < -0.4 is 0 Å². The highest BCUT2D eigenvalue weighted by Crippen LogP contribution is 2.32. The number of benzene rings is 1. The molecule has 0 aliphatic carbocycles. The van der Waals surface area contributed by atoms with Gasteiger partial charge in [-0.3, -0.25) is 0 Å². The molecule has 0 atom stereocenters. The molecule has 1 aromatic carbocycles. The zero-order valence-electron chi connectivity index (χ0n) is 11.2. The van der Waals surface area contributed by atoms with Crippen molar-refractivity contribution < 1.29 is 8.42 Å². The minimum absolute atomic E-state index is 0.136. The van der Waals surface area contributed by atoms with Crippen LogP contribution in [0.5, 0.6) is 0 Å². The van der Waals surface area contributed by atoms with Crippen molar-refractivity contribution in [1.29, 1.82) is 10.5 Å². The summed E-state index contributed by atoms with van der Waals surface area (Å²) in [6.07, 6.45) is 1.06. The molecule has 1 aliphatic rings. The van der Waals surface area contributed by atoms with Crippen molar-refractivity contribution in [2.24, 2.45) is 5.41 Å². The fraction of sp³-hybridized carbons (Fsp3) is 0.429. The van der Waals surface area contributed by atoms with Crippen LogP contribution >= 0.6 is 0 Å². The van der Waals surface area contributed by atoms with Gasteiger partial charge in [0.15, 0.2) is 0 Å². The van der Waals surface area contributed by atoms with Crippen LogP contribution in [0.15, 0.2) is 29.2 Å². The number of rotatable bonds is 2. The third-order valence-corrected chi connectivity index (χ3v) is 5.59. The Morgan fingerprint density at radius 3 is 2.45 bits per heavy atom. The SMILES string of the molecule is CC1(C#N)CCN(S(=O)(=O)c2cccc(C#N)c2)CC1. The van der Waals surface area contributed by atoms with Gasteiger partial charge in [0, 0.05) is 13.1 Å². The molecule has 20 heavy (non-hydrogen) atoms. The predicted octanol–water partition coefficient (Wildman–Crippen LogP) is 1.87. The fourth-order valence-corrected chi connectivity index (χ4v) is 3.69. The Bertz CT molecular complexity index is 690. The molecule has 0 bridgehead atoms. The average Bonchev–Trinajstić information content (AvgIpc) is 2.48. The molecule has 0 saturated carbocycles. The first-order valence-corrected chi connectivity index (χ1v) is 7.77. The van der Waals surface area contributed by atoms with Gasteiger partial charge in [-0.05, 0) is 38.0 Å². The van der Waals surface area contributed by atoms with E-state index in [0.29, 0.717) is 31.5 Å². The Morgan fingerprint density at radius 2 is 1.90 bits per heavy atom. The van der Waals surface area contributed by atoms with Gasteiger partial charge in [-0.25, -0.2) is 8.42 Å². The number of piperidine rings is 1. The van der Waals surface area contributed by atoms with E-state index < -0.39 is 15.4 Å². The summed E-state index contributed by atoms with van der Waals surface area (Å²) in [7, 11) is -3.58. The van der Waals surface area contributed by atoms with Gasteiger partial charge in [0.25, 0.3) is 0 Å². The molecule has 1 heterocycles. The minimum atomic E-state index is -3.58. The van der Waals surface area contributed by atoms with Crippen LogP contribution in [-0.4, -0.2) is 25.8 Å². The Kier molecular flexibility index (Phi) is 3.80. The molecule has 0 aromatic heterocycles. The lowest BCUT2D eigenvalue weighted by Crippen LogP contribution is -2.41. The Hall–Kier alpha value is -1.89. The third-order valence-electron chi connectivity index (χ3n) is 3.70. The molecule has 5 nitrogen and oxygen atoms in total.